The number of hydrogen-bond acceptors (Lipinski definition) is 4. The SMILES string of the molecule is CCCCCCCCCCC[C@H](O)[C@@H](O)C(=O)OC(C)(C)C. The van der Waals surface area contributed by atoms with Gasteiger partial charge >= 0.3 is 5.97 Å². The fourth-order valence-electron chi connectivity index (χ4n) is 2.34. The van der Waals surface area contributed by atoms with Gasteiger partial charge in [0.2, 0.25) is 0 Å². The quantitative estimate of drug-likeness (QED) is 0.422. The summed E-state index contributed by atoms with van der Waals surface area (Å²) in [6, 6.07) is 0. The lowest BCUT2D eigenvalue weighted by Gasteiger charge is -2.23. The summed E-state index contributed by atoms with van der Waals surface area (Å²) in [5.74, 6) is -0.740. The zero-order valence-corrected chi connectivity index (χ0v) is 14.9. The van der Waals surface area contributed by atoms with Crippen LogP contribution in [0.15, 0.2) is 0 Å². The Hall–Kier alpha value is -0.610. The molecule has 0 rings (SSSR count). The molecular formula is C18H36O4. The molecule has 0 heterocycles. The number of aliphatic hydroxyl groups excluding tert-OH is 2. The molecule has 0 amide bonds. The second-order valence-corrected chi connectivity index (χ2v) is 7.16. The lowest BCUT2D eigenvalue weighted by molar-refractivity contribution is -0.171. The summed E-state index contributed by atoms with van der Waals surface area (Å²) < 4.78 is 5.06. The van der Waals surface area contributed by atoms with Crippen molar-refractivity contribution in [3.63, 3.8) is 0 Å². The number of carbonyl (C=O) groups excluding carboxylic acids is 1. The molecular weight excluding hydrogens is 280 g/mol. The van der Waals surface area contributed by atoms with Gasteiger partial charge in [-0.2, -0.15) is 0 Å². The van der Waals surface area contributed by atoms with Crippen molar-refractivity contribution in [3.8, 4) is 0 Å². The van der Waals surface area contributed by atoms with Gasteiger partial charge in [-0.15, -0.1) is 0 Å². The van der Waals surface area contributed by atoms with E-state index in [1.54, 1.807) is 20.8 Å². The molecule has 132 valence electrons. The highest BCUT2D eigenvalue weighted by Gasteiger charge is 2.28. The first kappa shape index (κ1) is 21.4. The first-order valence-corrected chi connectivity index (χ1v) is 8.87. The molecule has 22 heavy (non-hydrogen) atoms. The van der Waals surface area contributed by atoms with Gasteiger partial charge in [0.1, 0.15) is 5.60 Å². The van der Waals surface area contributed by atoms with Crippen molar-refractivity contribution in [2.75, 3.05) is 0 Å². The third-order valence-electron chi connectivity index (χ3n) is 3.62. The van der Waals surface area contributed by atoms with Crippen molar-refractivity contribution in [1.82, 2.24) is 0 Å². The van der Waals surface area contributed by atoms with E-state index in [-0.39, 0.29) is 0 Å². The van der Waals surface area contributed by atoms with E-state index in [4.69, 9.17) is 4.74 Å². The largest absolute Gasteiger partial charge is 0.458 e. The Balaban J connectivity index is 3.63. The Morgan fingerprint density at radius 3 is 1.82 bits per heavy atom. The maximum absolute atomic E-state index is 11.6. The van der Waals surface area contributed by atoms with Gasteiger partial charge in [0, 0.05) is 0 Å². The first-order chi connectivity index (χ1) is 10.3. The molecule has 0 saturated carbocycles. The van der Waals surface area contributed by atoms with Crippen molar-refractivity contribution in [2.45, 2.75) is 110 Å². The molecule has 0 fully saturated rings. The van der Waals surface area contributed by atoms with E-state index in [0.717, 1.165) is 19.3 Å². The minimum Gasteiger partial charge on any atom is -0.458 e. The van der Waals surface area contributed by atoms with Crippen molar-refractivity contribution < 1.29 is 19.7 Å². The Kier molecular flexibility index (Phi) is 11.6. The van der Waals surface area contributed by atoms with Crippen LogP contribution in [-0.2, 0) is 9.53 Å². The van der Waals surface area contributed by atoms with Crippen molar-refractivity contribution in [1.29, 1.82) is 0 Å². The van der Waals surface area contributed by atoms with E-state index < -0.39 is 23.8 Å². The molecule has 0 unspecified atom stereocenters. The number of hydrogen-bond donors (Lipinski definition) is 2. The second kappa shape index (κ2) is 11.9. The van der Waals surface area contributed by atoms with Crippen LogP contribution in [0, 0.1) is 0 Å². The van der Waals surface area contributed by atoms with Crippen LogP contribution >= 0.6 is 0 Å². The second-order valence-electron chi connectivity index (χ2n) is 7.16. The summed E-state index contributed by atoms with van der Waals surface area (Å²) in [4.78, 5) is 11.6. The minimum atomic E-state index is -1.44. The third-order valence-corrected chi connectivity index (χ3v) is 3.62. The molecule has 2 atom stereocenters. The van der Waals surface area contributed by atoms with E-state index >= 15 is 0 Å². The van der Waals surface area contributed by atoms with Crippen LogP contribution in [0.1, 0.15) is 91.9 Å². The van der Waals surface area contributed by atoms with E-state index in [9.17, 15) is 15.0 Å². The Bertz CT molecular complexity index is 283. The highest BCUT2D eigenvalue weighted by atomic mass is 16.6. The highest BCUT2D eigenvalue weighted by molar-refractivity contribution is 5.75. The maximum atomic E-state index is 11.6. The lowest BCUT2D eigenvalue weighted by atomic mass is 10.0. The van der Waals surface area contributed by atoms with Crippen molar-refractivity contribution >= 4 is 5.97 Å². The monoisotopic (exact) mass is 316 g/mol. The summed E-state index contributed by atoms with van der Waals surface area (Å²) in [5.41, 5.74) is -0.643. The van der Waals surface area contributed by atoms with Crippen molar-refractivity contribution in [3.05, 3.63) is 0 Å². The highest BCUT2D eigenvalue weighted by Crippen LogP contribution is 2.14. The summed E-state index contributed by atoms with van der Waals surface area (Å²) in [7, 11) is 0. The molecule has 0 radical (unpaired) electrons. The predicted octanol–water partition coefficient (Wildman–Crippen LogP) is 3.97. The number of ether oxygens (including phenoxy) is 1. The average Bonchev–Trinajstić information content (AvgIpc) is 2.42. The normalized spacial score (nSPS) is 14.6. The molecule has 0 aromatic rings. The van der Waals surface area contributed by atoms with Crippen LogP contribution in [0.4, 0.5) is 0 Å². The van der Waals surface area contributed by atoms with E-state index in [2.05, 4.69) is 6.92 Å². The molecule has 0 aliphatic rings. The number of rotatable bonds is 12. The van der Waals surface area contributed by atoms with Crippen molar-refractivity contribution in [2.24, 2.45) is 0 Å². The lowest BCUT2D eigenvalue weighted by Crippen LogP contribution is -2.39. The van der Waals surface area contributed by atoms with Gasteiger partial charge in [-0.25, -0.2) is 4.79 Å². The Labute approximate surface area is 136 Å². The van der Waals surface area contributed by atoms with Gasteiger partial charge in [0.05, 0.1) is 6.10 Å². The van der Waals surface area contributed by atoms with Crippen LogP contribution in [0.2, 0.25) is 0 Å². The zero-order chi connectivity index (χ0) is 17.0. The standard InChI is InChI=1S/C18H36O4/c1-5-6-7-8-9-10-11-12-13-14-15(19)16(20)17(21)22-18(2,3)4/h15-16,19-20H,5-14H2,1-4H3/t15-,16+/m0/s1. The summed E-state index contributed by atoms with van der Waals surface area (Å²) in [6.07, 6.45) is 8.75. The third kappa shape index (κ3) is 12.0. The Morgan fingerprint density at radius 1 is 0.909 bits per heavy atom. The fraction of sp³-hybridized carbons (Fsp3) is 0.944. The molecule has 0 aromatic carbocycles. The van der Waals surface area contributed by atoms with Crippen LogP contribution in [0.25, 0.3) is 0 Å². The molecule has 4 heteroatoms. The van der Waals surface area contributed by atoms with Crippen LogP contribution < -0.4 is 0 Å². The van der Waals surface area contributed by atoms with Gasteiger partial charge in [0.25, 0.3) is 0 Å². The zero-order valence-electron chi connectivity index (χ0n) is 14.9. The summed E-state index contributed by atoms with van der Waals surface area (Å²) in [6.45, 7) is 7.44. The number of unbranched alkanes of at least 4 members (excludes halogenated alkanes) is 8. The molecule has 0 saturated heterocycles. The van der Waals surface area contributed by atoms with Crippen LogP contribution in [0.3, 0.4) is 0 Å². The topological polar surface area (TPSA) is 66.8 Å². The van der Waals surface area contributed by atoms with E-state index in [1.807, 2.05) is 0 Å². The van der Waals surface area contributed by atoms with Gasteiger partial charge in [-0.05, 0) is 27.2 Å². The first-order valence-electron chi connectivity index (χ1n) is 8.87. The number of esters is 1. The van der Waals surface area contributed by atoms with Gasteiger partial charge < -0.3 is 14.9 Å². The summed E-state index contributed by atoms with van der Waals surface area (Å²) >= 11 is 0. The molecule has 2 N–H and O–H groups in total. The Morgan fingerprint density at radius 2 is 1.36 bits per heavy atom. The average molecular weight is 316 g/mol. The molecule has 0 bridgehead atoms. The molecule has 0 aliphatic carbocycles. The molecule has 0 spiro atoms. The molecule has 0 aromatic heterocycles. The number of carbonyl (C=O) groups is 1. The number of aliphatic hydroxyl groups is 2. The summed E-state index contributed by atoms with van der Waals surface area (Å²) in [5, 5.41) is 19.6. The van der Waals surface area contributed by atoms with E-state index in [1.165, 1.54) is 38.5 Å². The van der Waals surface area contributed by atoms with Crippen LogP contribution in [0.5, 0.6) is 0 Å². The maximum Gasteiger partial charge on any atom is 0.338 e. The van der Waals surface area contributed by atoms with Gasteiger partial charge in [-0.3, -0.25) is 0 Å². The van der Waals surface area contributed by atoms with E-state index in [0.29, 0.717) is 6.42 Å². The minimum absolute atomic E-state index is 0.441. The van der Waals surface area contributed by atoms with Gasteiger partial charge in [0.15, 0.2) is 6.10 Å². The molecule has 4 nitrogen and oxygen atoms in total. The fourth-order valence-corrected chi connectivity index (χ4v) is 2.34. The molecule has 0 aliphatic heterocycles. The predicted molar refractivity (Wildman–Crippen MR) is 89.7 cm³/mol. The van der Waals surface area contributed by atoms with Crippen LogP contribution in [-0.4, -0.2) is 34.0 Å². The smallest absolute Gasteiger partial charge is 0.338 e. The van der Waals surface area contributed by atoms with Gasteiger partial charge in [-0.1, -0.05) is 64.7 Å².